The van der Waals surface area contributed by atoms with Gasteiger partial charge in [-0.2, -0.15) is 5.26 Å². The summed E-state index contributed by atoms with van der Waals surface area (Å²) in [5, 5.41) is 13.8. The van der Waals surface area contributed by atoms with Crippen molar-refractivity contribution in [2.24, 2.45) is 5.73 Å². The largest absolute Gasteiger partial charge is 0.366 e. The molecule has 0 aliphatic heterocycles. The smallest absolute Gasteiger partial charge is 0.251 e. The van der Waals surface area contributed by atoms with E-state index in [4.69, 9.17) is 11.0 Å². The number of hydrogen-bond donors (Lipinski definition) is 2. The molecular weight excluding hydrogens is 288 g/mol. The number of carbonyl (C=O) groups is 2. The van der Waals surface area contributed by atoms with Crippen molar-refractivity contribution < 1.29 is 9.59 Å². The Hall–Kier alpha value is -1.91. The van der Waals surface area contributed by atoms with Crippen molar-refractivity contribution in [3.8, 4) is 6.07 Å². The number of nitrogens with two attached hydrogens (primary N) is 1. The molecule has 1 fully saturated rings. The van der Waals surface area contributed by atoms with Crippen LogP contribution in [0.5, 0.6) is 0 Å². The van der Waals surface area contributed by atoms with E-state index in [9.17, 15) is 9.59 Å². The summed E-state index contributed by atoms with van der Waals surface area (Å²) in [6.07, 6.45) is 4.34. The first-order chi connectivity index (χ1) is 10.1. The molecule has 1 aliphatic carbocycles. The van der Waals surface area contributed by atoms with Crippen LogP contribution in [0, 0.1) is 11.3 Å². The zero-order valence-corrected chi connectivity index (χ0v) is 12.5. The second-order valence-electron chi connectivity index (χ2n) is 5.08. The van der Waals surface area contributed by atoms with Crippen molar-refractivity contribution in [1.82, 2.24) is 4.90 Å². The highest BCUT2D eigenvalue weighted by Gasteiger charge is 2.24. The van der Waals surface area contributed by atoms with Gasteiger partial charge in [-0.25, -0.2) is 0 Å². The molecule has 2 amide bonds. The van der Waals surface area contributed by atoms with Crippen LogP contribution in [0.15, 0.2) is 11.4 Å². The van der Waals surface area contributed by atoms with Gasteiger partial charge in [-0.3, -0.25) is 14.5 Å². The third-order valence-electron chi connectivity index (χ3n) is 3.65. The van der Waals surface area contributed by atoms with Crippen molar-refractivity contribution in [3.05, 3.63) is 17.0 Å². The minimum atomic E-state index is -0.559. The van der Waals surface area contributed by atoms with Crippen LogP contribution >= 0.6 is 11.3 Å². The fraction of sp³-hybridized carbons (Fsp3) is 0.500. The van der Waals surface area contributed by atoms with E-state index in [1.165, 1.54) is 11.3 Å². The van der Waals surface area contributed by atoms with E-state index in [1.807, 2.05) is 4.90 Å². The molecule has 0 saturated heterocycles. The Kier molecular flexibility index (Phi) is 5.31. The van der Waals surface area contributed by atoms with Crippen molar-refractivity contribution >= 4 is 28.2 Å². The second-order valence-corrected chi connectivity index (χ2v) is 5.99. The molecule has 1 heterocycles. The summed E-state index contributed by atoms with van der Waals surface area (Å²) in [4.78, 5) is 25.2. The lowest BCUT2D eigenvalue weighted by Crippen LogP contribution is -2.39. The first-order valence-electron chi connectivity index (χ1n) is 6.90. The van der Waals surface area contributed by atoms with Crippen molar-refractivity contribution in [2.45, 2.75) is 31.7 Å². The highest BCUT2D eigenvalue weighted by atomic mass is 32.1. The van der Waals surface area contributed by atoms with E-state index in [0.29, 0.717) is 16.6 Å². The van der Waals surface area contributed by atoms with E-state index in [-0.39, 0.29) is 19.0 Å². The Morgan fingerprint density at radius 1 is 1.48 bits per heavy atom. The Bertz CT molecular complexity index is 558. The molecule has 6 nitrogen and oxygen atoms in total. The molecule has 1 aromatic heterocycles. The fourth-order valence-corrected chi connectivity index (χ4v) is 3.43. The van der Waals surface area contributed by atoms with E-state index >= 15 is 0 Å². The highest BCUT2D eigenvalue weighted by molar-refractivity contribution is 7.14. The molecule has 0 bridgehead atoms. The van der Waals surface area contributed by atoms with Gasteiger partial charge in [0.25, 0.3) is 5.91 Å². The van der Waals surface area contributed by atoms with Gasteiger partial charge in [0.1, 0.15) is 5.00 Å². The zero-order chi connectivity index (χ0) is 15.2. The van der Waals surface area contributed by atoms with Crippen LogP contribution in [-0.4, -0.2) is 35.8 Å². The van der Waals surface area contributed by atoms with Crippen molar-refractivity contribution in [2.75, 3.05) is 18.4 Å². The molecule has 0 atom stereocenters. The van der Waals surface area contributed by atoms with Gasteiger partial charge in [0.15, 0.2) is 0 Å². The maximum absolute atomic E-state index is 12.1. The van der Waals surface area contributed by atoms with Crippen LogP contribution < -0.4 is 11.1 Å². The van der Waals surface area contributed by atoms with E-state index < -0.39 is 5.91 Å². The third kappa shape index (κ3) is 4.03. The quantitative estimate of drug-likeness (QED) is 0.779. The molecule has 0 radical (unpaired) electrons. The fourth-order valence-electron chi connectivity index (χ4n) is 2.63. The van der Waals surface area contributed by atoms with Gasteiger partial charge in [0, 0.05) is 6.04 Å². The topological polar surface area (TPSA) is 99.2 Å². The average molecular weight is 306 g/mol. The average Bonchev–Trinajstić information content (AvgIpc) is 3.08. The van der Waals surface area contributed by atoms with Gasteiger partial charge in [-0.1, -0.05) is 12.8 Å². The van der Waals surface area contributed by atoms with Crippen LogP contribution in [0.25, 0.3) is 0 Å². The maximum Gasteiger partial charge on any atom is 0.251 e. The maximum atomic E-state index is 12.1. The van der Waals surface area contributed by atoms with Crippen LogP contribution in [0.4, 0.5) is 5.00 Å². The number of nitrogens with zero attached hydrogens (tertiary/aromatic N) is 2. The summed E-state index contributed by atoms with van der Waals surface area (Å²) >= 11 is 1.26. The standard InChI is InChI=1S/C14H18N4O2S/c15-6-7-18(10-3-1-2-4-10)9-12(19)17-14-11(13(16)20)5-8-21-14/h5,8,10H,1-4,7,9H2,(H2,16,20)(H,17,19). The highest BCUT2D eigenvalue weighted by Crippen LogP contribution is 2.24. The summed E-state index contributed by atoms with van der Waals surface area (Å²) < 4.78 is 0. The van der Waals surface area contributed by atoms with Gasteiger partial charge in [-0.05, 0) is 24.3 Å². The molecule has 1 saturated carbocycles. The number of thiophene rings is 1. The number of nitriles is 1. The molecule has 0 spiro atoms. The first kappa shape index (κ1) is 15.5. The summed E-state index contributed by atoms with van der Waals surface area (Å²) in [6.45, 7) is 0.402. The molecule has 1 aliphatic rings. The Labute approximate surface area is 127 Å². The molecule has 3 N–H and O–H groups in total. The summed E-state index contributed by atoms with van der Waals surface area (Å²) in [6, 6.07) is 4.00. The van der Waals surface area contributed by atoms with Gasteiger partial charge in [0.2, 0.25) is 5.91 Å². The normalized spacial score (nSPS) is 15.0. The number of nitrogens with one attached hydrogen (secondary N) is 1. The van der Waals surface area contributed by atoms with Gasteiger partial charge < -0.3 is 11.1 Å². The van der Waals surface area contributed by atoms with Gasteiger partial charge in [-0.15, -0.1) is 11.3 Å². The molecule has 2 rings (SSSR count). The number of amides is 2. The van der Waals surface area contributed by atoms with Crippen LogP contribution in [0.2, 0.25) is 0 Å². The Balaban J connectivity index is 1.97. The van der Waals surface area contributed by atoms with Crippen molar-refractivity contribution in [3.63, 3.8) is 0 Å². The SMILES string of the molecule is N#CCN(CC(=O)Nc1sccc1C(N)=O)C1CCCC1. The van der Waals surface area contributed by atoms with E-state index in [2.05, 4.69) is 11.4 Å². The molecule has 1 aromatic rings. The molecule has 7 heteroatoms. The summed E-state index contributed by atoms with van der Waals surface area (Å²) in [7, 11) is 0. The molecule has 21 heavy (non-hydrogen) atoms. The number of rotatable bonds is 6. The van der Waals surface area contributed by atoms with Crippen LogP contribution in [-0.2, 0) is 4.79 Å². The Morgan fingerprint density at radius 2 is 2.19 bits per heavy atom. The summed E-state index contributed by atoms with van der Waals surface area (Å²) in [5.41, 5.74) is 5.57. The Morgan fingerprint density at radius 3 is 2.81 bits per heavy atom. The van der Waals surface area contributed by atoms with Crippen LogP contribution in [0.3, 0.4) is 0 Å². The molecular formula is C14H18N4O2S. The minimum absolute atomic E-state index is 0.161. The number of carbonyl (C=O) groups excluding carboxylic acids is 2. The minimum Gasteiger partial charge on any atom is -0.366 e. The monoisotopic (exact) mass is 306 g/mol. The van der Waals surface area contributed by atoms with Crippen molar-refractivity contribution in [1.29, 1.82) is 5.26 Å². The number of anilines is 1. The van der Waals surface area contributed by atoms with Gasteiger partial charge >= 0.3 is 0 Å². The molecule has 0 aromatic carbocycles. The lowest BCUT2D eigenvalue weighted by atomic mass is 10.2. The molecule has 112 valence electrons. The van der Waals surface area contributed by atoms with E-state index in [0.717, 1.165) is 25.7 Å². The summed E-state index contributed by atoms with van der Waals surface area (Å²) in [5.74, 6) is -0.779. The number of primary amides is 1. The lowest BCUT2D eigenvalue weighted by Gasteiger charge is -2.25. The number of hydrogen-bond acceptors (Lipinski definition) is 5. The first-order valence-corrected chi connectivity index (χ1v) is 7.78. The second kappa shape index (κ2) is 7.20. The van der Waals surface area contributed by atoms with Gasteiger partial charge in [0.05, 0.1) is 24.7 Å². The predicted octanol–water partition coefficient (Wildman–Crippen LogP) is 1.55. The third-order valence-corrected chi connectivity index (χ3v) is 4.48. The van der Waals surface area contributed by atoms with E-state index in [1.54, 1.807) is 11.4 Å². The van der Waals surface area contributed by atoms with Crippen LogP contribution in [0.1, 0.15) is 36.0 Å². The lowest BCUT2D eigenvalue weighted by molar-refractivity contribution is -0.117. The molecule has 0 unspecified atom stereocenters. The predicted molar refractivity (Wildman–Crippen MR) is 80.9 cm³/mol. The zero-order valence-electron chi connectivity index (χ0n) is 11.7.